The number of hydrogen-bond acceptors (Lipinski definition) is 3. The Morgan fingerprint density at radius 3 is 2.85 bits per heavy atom. The summed E-state index contributed by atoms with van der Waals surface area (Å²) in [5.74, 6) is 0.757. The number of nitrogens with one attached hydrogen (secondary N) is 1. The minimum Gasteiger partial charge on any atom is -0.399 e. The molecule has 108 valence electrons. The quantitative estimate of drug-likeness (QED) is 0.623. The fourth-order valence-electron chi connectivity index (χ4n) is 2.14. The molecule has 0 bridgehead atoms. The molecular formula is C16H22N2OS. The first-order chi connectivity index (χ1) is 9.56. The Labute approximate surface area is 124 Å². The molecule has 1 aromatic carbocycles. The van der Waals surface area contributed by atoms with Gasteiger partial charge in [0.15, 0.2) is 0 Å². The van der Waals surface area contributed by atoms with Crippen molar-refractivity contribution in [2.75, 3.05) is 12.3 Å². The van der Waals surface area contributed by atoms with E-state index >= 15 is 0 Å². The second kappa shape index (κ2) is 6.75. The summed E-state index contributed by atoms with van der Waals surface area (Å²) in [6.45, 7) is 5.20. The molecule has 0 saturated heterocycles. The summed E-state index contributed by atoms with van der Waals surface area (Å²) < 4.78 is 1.10. The predicted octanol–water partition coefficient (Wildman–Crippen LogP) is 4.04. The third kappa shape index (κ3) is 3.97. The first-order valence-electron chi connectivity index (χ1n) is 7.13. The highest BCUT2D eigenvalue weighted by atomic mass is 32.1. The lowest BCUT2D eigenvalue weighted by molar-refractivity contribution is 0.0957. The zero-order chi connectivity index (χ0) is 14.5. The molecule has 4 heteroatoms. The molecule has 2 rings (SSSR count). The van der Waals surface area contributed by atoms with E-state index in [1.807, 2.05) is 24.3 Å². The van der Waals surface area contributed by atoms with Gasteiger partial charge in [0.1, 0.15) is 0 Å². The fraction of sp³-hybridized carbons (Fsp3) is 0.438. The number of benzene rings is 1. The maximum absolute atomic E-state index is 12.1. The van der Waals surface area contributed by atoms with Gasteiger partial charge in [0.25, 0.3) is 5.91 Å². The number of nitrogen functional groups attached to an aromatic ring is 1. The van der Waals surface area contributed by atoms with E-state index in [0.29, 0.717) is 0 Å². The van der Waals surface area contributed by atoms with Crippen LogP contribution in [-0.4, -0.2) is 12.5 Å². The second-order valence-electron chi connectivity index (χ2n) is 5.55. The van der Waals surface area contributed by atoms with Crippen molar-refractivity contribution in [2.45, 2.75) is 33.1 Å². The van der Waals surface area contributed by atoms with Gasteiger partial charge in [-0.2, -0.15) is 0 Å². The number of thiophene rings is 1. The molecule has 0 saturated carbocycles. The molecule has 0 aliphatic carbocycles. The lowest BCUT2D eigenvalue weighted by Crippen LogP contribution is -2.23. The molecule has 0 spiro atoms. The van der Waals surface area contributed by atoms with Gasteiger partial charge in [-0.1, -0.05) is 26.7 Å². The maximum Gasteiger partial charge on any atom is 0.261 e. The van der Waals surface area contributed by atoms with E-state index in [-0.39, 0.29) is 5.91 Å². The molecule has 20 heavy (non-hydrogen) atoms. The van der Waals surface area contributed by atoms with Crippen molar-refractivity contribution in [1.29, 1.82) is 0 Å². The monoisotopic (exact) mass is 290 g/mol. The summed E-state index contributed by atoms with van der Waals surface area (Å²) in [5, 5.41) is 4.03. The smallest absolute Gasteiger partial charge is 0.261 e. The molecule has 0 radical (unpaired) electrons. The molecule has 2 aromatic rings. The number of anilines is 1. The Balaban J connectivity index is 1.88. The van der Waals surface area contributed by atoms with Crippen LogP contribution in [0.1, 0.15) is 42.8 Å². The zero-order valence-corrected chi connectivity index (χ0v) is 12.9. The van der Waals surface area contributed by atoms with Crippen LogP contribution >= 0.6 is 11.3 Å². The summed E-state index contributed by atoms with van der Waals surface area (Å²) in [7, 11) is 0. The number of hydrogen-bond donors (Lipinski definition) is 2. The molecule has 0 atom stereocenters. The van der Waals surface area contributed by atoms with Crippen LogP contribution in [0.25, 0.3) is 10.1 Å². The molecule has 3 N–H and O–H groups in total. The first-order valence-corrected chi connectivity index (χ1v) is 7.95. The number of carbonyl (C=O) groups excluding carboxylic acids is 1. The standard InChI is InChI=1S/C16H22N2OS/c1-11(2)5-3-4-8-18-16(19)15-10-12-9-13(17)6-7-14(12)20-15/h6-7,9-11H,3-5,8,17H2,1-2H3,(H,18,19). The maximum atomic E-state index is 12.1. The number of carbonyl (C=O) groups is 1. The van der Waals surface area contributed by atoms with Crippen LogP contribution in [0.5, 0.6) is 0 Å². The summed E-state index contributed by atoms with van der Waals surface area (Å²) >= 11 is 1.52. The number of fused-ring (bicyclic) bond motifs is 1. The van der Waals surface area contributed by atoms with Crippen molar-refractivity contribution in [2.24, 2.45) is 5.92 Å². The average Bonchev–Trinajstić information content (AvgIpc) is 2.80. The minimum atomic E-state index is 0.0225. The van der Waals surface area contributed by atoms with Crippen molar-refractivity contribution < 1.29 is 4.79 Å². The van der Waals surface area contributed by atoms with Crippen LogP contribution in [-0.2, 0) is 0 Å². The van der Waals surface area contributed by atoms with Gasteiger partial charge in [-0.3, -0.25) is 4.79 Å². The number of rotatable bonds is 6. The van der Waals surface area contributed by atoms with Crippen molar-refractivity contribution in [3.8, 4) is 0 Å². The SMILES string of the molecule is CC(C)CCCCNC(=O)c1cc2cc(N)ccc2s1. The van der Waals surface area contributed by atoms with Gasteiger partial charge in [-0.15, -0.1) is 11.3 Å². The Morgan fingerprint density at radius 2 is 2.10 bits per heavy atom. The largest absolute Gasteiger partial charge is 0.399 e. The fourth-order valence-corrected chi connectivity index (χ4v) is 3.10. The molecule has 0 aliphatic heterocycles. The minimum absolute atomic E-state index is 0.0225. The van der Waals surface area contributed by atoms with Crippen LogP contribution in [0.15, 0.2) is 24.3 Å². The lowest BCUT2D eigenvalue weighted by Gasteiger charge is -2.05. The number of nitrogens with two attached hydrogens (primary N) is 1. The van der Waals surface area contributed by atoms with E-state index in [1.165, 1.54) is 24.2 Å². The molecule has 0 unspecified atom stereocenters. The van der Waals surface area contributed by atoms with Crippen LogP contribution in [0.3, 0.4) is 0 Å². The predicted molar refractivity (Wildman–Crippen MR) is 87.3 cm³/mol. The van der Waals surface area contributed by atoms with Gasteiger partial charge in [-0.25, -0.2) is 0 Å². The van der Waals surface area contributed by atoms with Crippen LogP contribution in [0.2, 0.25) is 0 Å². The average molecular weight is 290 g/mol. The van der Waals surface area contributed by atoms with E-state index in [2.05, 4.69) is 19.2 Å². The van der Waals surface area contributed by atoms with Crippen molar-refractivity contribution in [3.63, 3.8) is 0 Å². The van der Waals surface area contributed by atoms with Crippen molar-refractivity contribution in [3.05, 3.63) is 29.1 Å². The molecule has 0 aliphatic rings. The van der Waals surface area contributed by atoms with Gasteiger partial charge in [0.2, 0.25) is 0 Å². The summed E-state index contributed by atoms with van der Waals surface area (Å²) in [6.07, 6.45) is 3.43. The molecule has 3 nitrogen and oxygen atoms in total. The topological polar surface area (TPSA) is 55.1 Å². The Morgan fingerprint density at radius 1 is 1.30 bits per heavy atom. The highest BCUT2D eigenvalue weighted by Gasteiger charge is 2.09. The van der Waals surface area contributed by atoms with E-state index in [0.717, 1.165) is 39.5 Å². The lowest BCUT2D eigenvalue weighted by atomic mass is 10.1. The van der Waals surface area contributed by atoms with Crippen molar-refractivity contribution >= 4 is 33.0 Å². The zero-order valence-electron chi connectivity index (χ0n) is 12.1. The molecule has 1 amide bonds. The molecule has 1 aromatic heterocycles. The summed E-state index contributed by atoms with van der Waals surface area (Å²) in [5.41, 5.74) is 6.48. The van der Waals surface area contributed by atoms with Gasteiger partial charge in [0.05, 0.1) is 4.88 Å². The Kier molecular flexibility index (Phi) is 5.01. The normalized spacial score (nSPS) is 11.2. The molecule has 0 fully saturated rings. The highest BCUT2D eigenvalue weighted by Crippen LogP contribution is 2.27. The van der Waals surface area contributed by atoms with Gasteiger partial charge >= 0.3 is 0 Å². The van der Waals surface area contributed by atoms with E-state index in [4.69, 9.17) is 5.73 Å². The van der Waals surface area contributed by atoms with Crippen molar-refractivity contribution in [1.82, 2.24) is 5.32 Å². The van der Waals surface area contributed by atoms with Crippen LogP contribution in [0.4, 0.5) is 5.69 Å². The Bertz CT molecular complexity index is 589. The third-order valence-electron chi connectivity index (χ3n) is 3.26. The molecule has 1 heterocycles. The van der Waals surface area contributed by atoms with Crippen LogP contribution < -0.4 is 11.1 Å². The van der Waals surface area contributed by atoms with Crippen LogP contribution in [0, 0.1) is 5.92 Å². The van der Waals surface area contributed by atoms with E-state index < -0.39 is 0 Å². The third-order valence-corrected chi connectivity index (χ3v) is 4.37. The summed E-state index contributed by atoms with van der Waals surface area (Å²) in [6, 6.07) is 7.66. The van der Waals surface area contributed by atoms with Gasteiger partial charge < -0.3 is 11.1 Å². The number of unbranched alkanes of at least 4 members (excludes halogenated alkanes) is 1. The highest BCUT2D eigenvalue weighted by molar-refractivity contribution is 7.20. The molecular weight excluding hydrogens is 268 g/mol. The second-order valence-corrected chi connectivity index (χ2v) is 6.64. The van der Waals surface area contributed by atoms with Gasteiger partial charge in [0, 0.05) is 16.9 Å². The Hall–Kier alpha value is -1.55. The van der Waals surface area contributed by atoms with Gasteiger partial charge in [-0.05, 0) is 42.0 Å². The number of amides is 1. The van der Waals surface area contributed by atoms with E-state index in [9.17, 15) is 4.79 Å². The first kappa shape index (κ1) is 14.9. The summed E-state index contributed by atoms with van der Waals surface area (Å²) in [4.78, 5) is 12.8. The van der Waals surface area contributed by atoms with E-state index in [1.54, 1.807) is 0 Å².